The lowest BCUT2D eigenvalue weighted by atomic mass is 10.1. The van der Waals surface area contributed by atoms with Crippen molar-refractivity contribution in [3.8, 4) is 0 Å². The van der Waals surface area contributed by atoms with Crippen molar-refractivity contribution in [2.75, 3.05) is 18.9 Å². The van der Waals surface area contributed by atoms with Gasteiger partial charge >= 0.3 is 6.18 Å². The lowest BCUT2D eigenvalue weighted by molar-refractivity contribution is -0.384. The summed E-state index contributed by atoms with van der Waals surface area (Å²) in [5, 5.41) is 13.6. The third kappa shape index (κ3) is 5.22. The SMILES string of the molecule is CNc1ccc(CN(CC(F)(F)F)C(C)C)cc1[N+](=O)[O-]. The highest BCUT2D eigenvalue weighted by molar-refractivity contribution is 5.62. The van der Waals surface area contributed by atoms with E-state index in [0.29, 0.717) is 11.3 Å². The maximum Gasteiger partial charge on any atom is 0.401 e. The summed E-state index contributed by atoms with van der Waals surface area (Å²) in [5.74, 6) is 0. The minimum atomic E-state index is -4.30. The molecule has 0 radical (unpaired) electrons. The Kier molecular flexibility index (Phi) is 5.54. The Morgan fingerprint density at radius 2 is 2.00 bits per heavy atom. The second-order valence-corrected chi connectivity index (χ2v) is 4.97. The van der Waals surface area contributed by atoms with E-state index in [-0.39, 0.29) is 18.3 Å². The summed E-state index contributed by atoms with van der Waals surface area (Å²) in [4.78, 5) is 11.6. The van der Waals surface area contributed by atoms with Crippen molar-refractivity contribution in [3.05, 3.63) is 33.9 Å². The van der Waals surface area contributed by atoms with E-state index in [1.165, 1.54) is 17.0 Å². The number of halogens is 3. The number of nitro benzene ring substituents is 1. The van der Waals surface area contributed by atoms with Crippen LogP contribution in [0.5, 0.6) is 0 Å². The molecule has 0 heterocycles. The van der Waals surface area contributed by atoms with Gasteiger partial charge in [0.15, 0.2) is 0 Å². The quantitative estimate of drug-likeness (QED) is 0.646. The fourth-order valence-corrected chi connectivity index (χ4v) is 1.92. The van der Waals surface area contributed by atoms with Gasteiger partial charge in [0.05, 0.1) is 11.5 Å². The van der Waals surface area contributed by atoms with E-state index in [1.54, 1.807) is 27.0 Å². The maximum atomic E-state index is 12.5. The van der Waals surface area contributed by atoms with Crippen LogP contribution in [0, 0.1) is 10.1 Å². The van der Waals surface area contributed by atoms with Crippen LogP contribution in [0.25, 0.3) is 0 Å². The molecule has 8 heteroatoms. The summed E-state index contributed by atoms with van der Waals surface area (Å²) in [5.41, 5.74) is 0.653. The topological polar surface area (TPSA) is 58.4 Å². The first kappa shape index (κ1) is 17.2. The smallest absolute Gasteiger partial charge is 0.383 e. The van der Waals surface area contributed by atoms with Crippen molar-refractivity contribution in [2.24, 2.45) is 0 Å². The molecule has 0 fully saturated rings. The second kappa shape index (κ2) is 6.75. The van der Waals surface area contributed by atoms with Gasteiger partial charge in [0, 0.05) is 25.7 Å². The standard InChI is InChI=1S/C13H18F3N3O2/c1-9(2)18(8-13(14,15)16)7-10-4-5-11(17-3)12(6-10)19(20)21/h4-6,9,17H,7-8H2,1-3H3. The molecule has 0 aromatic heterocycles. The molecular weight excluding hydrogens is 287 g/mol. The van der Waals surface area contributed by atoms with Crippen molar-refractivity contribution < 1.29 is 18.1 Å². The van der Waals surface area contributed by atoms with Crippen molar-refractivity contribution in [2.45, 2.75) is 32.6 Å². The molecule has 0 saturated heterocycles. The predicted molar refractivity (Wildman–Crippen MR) is 74.2 cm³/mol. The minimum absolute atomic E-state index is 0.00199. The fraction of sp³-hybridized carbons (Fsp3) is 0.538. The van der Waals surface area contributed by atoms with E-state index in [4.69, 9.17) is 0 Å². The van der Waals surface area contributed by atoms with Crippen molar-refractivity contribution in [1.29, 1.82) is 0 Å². The lowest BCUT2D eigenvalue weighted by Crippen LogP contribution is -2.38. The summed E-state index contributed by atoms with van der Waals surface area (Å²) in [6.07, 6.45) is -4.30. The number of anilines is 1. The molecule has 1 rings (SSSR count). The fourth-order valence-electron chi connectivity index (χ4n) is 1.92. The third-order valence-electron chi connectivity index (χ3n) is 3.03. The molecule has 0 unspecified atom stereocenters. The molecule has 0 spiro atoms. The molecular formula is C13H18F3N3O2. The van der Waals surface area contributed by atoms with Gasteiger partial charge in [-0.3, -0.25) is 15.0 Å². The summed E-state index contributed by atoms with van der Waals surface area (Å²) in [6, 6.07) is 4.07. The molecule has 0 aliphatic carbocycles. The van der Waals surface area contributed by atoms with Crippen LogP contribution >= 0.6 is 0 Å². The maximum absolute atomic E-state index is 12.5. The first-order chi connectivity index (χ1) is 9.64. The van der Waals surface area contributed by atoms with Crippen LogP contribution in [-0.4, -0.2) is 35.6 Å². The molecule has 0 atom stereocenters. The molecule has 0 amide bonds. The van der Waals surface area contributed by atoms with Crippen LogP contribution < -0.4 is 5.32 Å². The number of nitrogens with zero attached hydrogens (tertiary/aromatic N) is 2. The Morgan fingerprint density at radius 1 is 1.38 bits per heavy atom. The minimum Gasteiger partial charge on any atom is -0.383 e. The van der Waals surface area contributed by atoms with Gasteiger partial charge in [-0.15, -0.1) is 0 Å². The number of hydrogen-bond acceptors (Lipinski definition) is 4. The highest BCUT2D eigenvalue weighted by atomic mass is 19.4. The second-order valence-electron chi connectivity index (χ2n) is 4.97. The van der Waals surface area contributed by atoms with Gasteiger partial charge in [-0.25, -0.2) is 0 Å². The van der Waals surface area contributed by atoms with E-state index in [2.05, 4.69) is 5.32 Å². The molecule has 118 valence electrons. The van der Waals surface area contributed by atoms with Crippen molar-refractivity contribution >= 4 is 11.4 Å². The Bertz CT molecular complexity index is 504. The Balaban J connectivity index is 2.99. The molecule has 21 heavy (non-hydrogen) atoms. The number of rotatable bonds is 6. The molecule has 0 aliphatic heterocycles. The van der Waals surface area contributed by atoms with E-state index in [0.717, 1.165) is 0 Å². The zero-order chi connectivity index (χ0) is 16.2. The Labute approximate surface area is 120 Å². The van der Waals surface area contributed by atoms with Crippen LogP contribution in [0.1, 0.15) is 19.4 Å². The molecule has 0 aliphatic rings. The van der Waals surface area contributed by atoms with E-state index >= 15 is 0 Å². The Hall–Kier alpha value is -1.83. The normalized spacial score (nSPS) is 12.0. The average molecular weight is 305 g/mol. The van der Waals surface area contributed by atoms with E-state index in [9.17, 15) is 23.3 Å². The summed E-state index contributed by atoms with van der Waals surface area (Å²) < 4.78 is 37.6. The largest absolute Gasteiger partial charge is 0.401 e. The number of hydrogen-bond donors (Lipinski definition) is 1. The molecule has 1 aromatic carbocycles. The predicted octanol–water partition coefficient (Wildman–Crippen LogP) is 3.41. The molecule has 1 N–H and O–H groups in total. The molecule has 0 bridgehead atoms. The summed E-state index contributed by atoms with van der Waals surface area (Å²) in [7, 11) is 1.55. The highest BCUT2D eigenvalue weighted by Gasteiger charge is 2.32. The summed E-state index contributed by atoms with van der Waals surface area (Å²) >= 11 is 0. The Morgan fingerprint density at radius 3 is 2.43 bits per heavy atom. The van der Waals surface area contributed by atoms with Gasteiger partial charge in [-0.2, -0.15) is 13.2 Å². The van der Waals surface area contributed by atoms with Gasteiger partial charge in [-0.1, -0.05) is 6.07 Å². The van der Waals surface area contributed by atoms with Crippen molar-refractivity contribution in [1.82, 2.24) is 4.90 Å². The van der Waals surface area contributed by atoms with Gasteiger partial charge in [0.2, 0.25) is 0 Å². The number of nitro groups is 1. The van der Waals surface area contributed by atoms with E-state index < -0.39 is 17.6 Å². The van der Waals surface area contributed by atoms with Crippen LogP contribution in [-0.2, 0) is 6.54 Å². The van der Waals surface area contributed by atoms with Crippen molar-refractivity contribution in [3.63, 3.8) is 0 Å². The number of nitrogens with one attached hydrogen (secondary N) is 1. The highest BCUT2D eigenvalue weighted by Crippen LogP contribution is 2.27. The zero-order valence-corrected chi connectivity index (χ0v) is 12.1. The van der Waals surface area contributed by atoms with Crippen LogP contribution in [0.15, 0.2) is 18.2 Å². The van der Waals surface area contributed by atoms with Gasteiger partial charge < -0.3 is 5.32 Å². The zero-order valence-electron chi connectivity index (χ0n) is 12.1. The van der Waals surface area contributed by atoms with Crippen LogP contribution in [0.3, 0.4) is 0 Å². The third-order valence-corrected chi connectivity index (χ3v) is 3.03. The monoisotopic (exact) mass is 305 g/mol. The number of benzene rings is 1. The van der Waals surface area contributed by atoms with E-state index in [1.807, 2.05) is 0 Å². The molecule has 1 aromatic rings. The summed E-state index contributed by atoms with van der Waals surface area (Å²) in [6.45, 7) is 2.26. The lowest BCUT2D eigenvalue weighted by Gasteiger charge is -2.27. The molecule has 0 saturated carbocycles. The van der Waals surface area contributed by atoms with Gasteiger partial charge in [-0.05, 0) is 25.5 Å². The van der Waals surface area contributed by atoms with Crippen LogP contribution in [0.2, 0.25) is 0 Å². The average Bonchev–Trinajstić information content (AvgIpc) is 2.36. The first-order valence-electron chi connectivity index (χ1n) is 6.40. The first-order valence-corrected chi connectivity index (χ1v) is 6.40. The van der Waals surface area contributed by atoms with Crippen LogP contribution in [0.4, 0.5) is 24.5 Å². The van der Waals surface area contributed by atoms with Gasteiger partial charge in [0.25, 0.3) is 5.69 Å². The molecule has 5 nitrogen and oxygen atoms in total. The van der Waals surface area contributed by atoms with Gasteiger partial charge in [0.1, 0.15) is 5.69 Å². The number of alkyl halides is 3.